The molecule has 3 heterocycles. The molecule has 1 saturated heterocycles. The summed E-state index contributed by atoms with van der Waals surface area (Å²) in [6.07, 6.45) is 1.95. The first-order valence-electron chi connectivity index (χ1n) is 6.65. The lowest BCUT2D eigenvalue weighted by atomic mass is 10.2. The Bertz CT molecular complexity index is 806. The van der Waals surface area contributed by atoms with Crippen LogP contribution < -0.4 is 5.73 Å². The molecule has 1 aliphatic rings. The number of fused-ring (bicyclic) bond motifs is 1. The Morgan fingerprint density at radius 3 is 3.05 bits per heavy atom. The largest absolute Gasteiger partial charge is 0.506 e. The number of nitrogen functional groups attached to an aromatic ring is 1. The second kappa shape index (κ2) is 4.68. The fraction of sp³-hybridized carbons (Fsp3) is 0.308. The van der Waals surface area contributed by atoms with Gasteiger partial charge in [0.15, 0.2) is 5.82 Å². The molecule has 7 nitrogen and oxygen atoms in total. The maximum atomic E-state index is 9.49. The molecular formula is C13H13N5O2S. The molecule has 2 aromatic heterocycles. The van der Waals surface area contributed by atoms with Gasteiger partial charge in [-0.2, -0.15) is 9.61 Å². The predicted octanol–water partition coefficient (Wildman–Crippen LogP) is 1.99. The molecule has 0 spiro atoms. The lowest BCUT2D eigenvalue weighted by Crippen LogP contribution is -2.03. The van der Waals surface area contributed by atoms with Crippen LogP contribution in [-0.2, 0) is 4.74 Å². The van der Waals surface area contributed by atoms with Crippen molar-refractivity contribution in [1.29, 1.82) is 0 Å². The molecular weight excluding hydrogens is 290 g/mol. The summed E-state index contributed by atoms with van der Waals surface area (Å²) >= 11 is 1.43. The third-order valence-electron chi connectivity index (χ3n) is 3.51. The molecule has 108 valence electrons. The number of nitrogens with zero attached hydrogens (tertiary/aromatic N) is 4. The Hall–Kier alpha value is -2.19. The van der Waals surface area contributed by atoms with Crippen LogP contribution in [0.4, 0.5) is 5.69 Å². The Labute approximate surface area is 124 Å². The van der Waals surface area contributed by atoms with Crippen LogP contribution in [-0.4, -0.2) is 31.5 Å². The minimum atomic E-state index is -0.0279. The van der Waals surface area contributed by atoms with Crippen molar-refractivity contribution in [3.8, 4) is 16.3 Å². The van der Waals surface area contributed by atoms with Crippen LogP contribution in [0.2, 0.25) is 0 Å². The quantitative estimate of drug-likeness (QED) is 0.555. The number of hydrogen-bond donors (Lipinski definition) is 2. The average molecular weight is 303 g/mol. The van der Waals surface area contributed by atoms with Crippen molar-refractivity contribution in [3.63, 3.8) is 0 Å². The van der Waals surface area contributed by atoms with Crippen molar-refractivity contribution >= 4 is 22.0 Å². The fourth-order valence-corrected chi connectivity index (χ4v) is 3.26. The standard InChI is InChI=1S/C13H13N5O2S/c14-8-6-7(3-4-9(8)19)12-17-18-11(10-2-1-5-20-10)15-16-13(18)21-12/h3-4,6,10,19H,1-2,5,14H2. The number of phenolic OH excluding ortho intramolecular Hbond substituents is 1. The number of benzene rings is 1. The number of nitrogens with two attached hydrogens (primary N) is 1. The Kier molecular flexibility index (Phi) is 2.79. The highest BCUT2D eigenvalue weighted by Gasteiger charge is 2.25. The number of hydrogen-bond acceptors (Lipinski definition) is 7. The summed E-state index contributed by atoms with van der Waals surface area (Å²) in [6.45, 7) is 0.755. The van der Waals surface area contributed by atoms with Gasteiger partial charge in [0.1, 0.15) is 16.9 Å². The molecule has 0 amide bonds. The Morgan fingerprint density at radius 1 is 1.38 bits per heavy atom. The number of ether oxygens (including phenoxy) is 1. The average Bonchev–Trinajstić information content (AvgIpc) is 3.16. The van der Waals surface area contributed by atoms with Crippen LogP contribution in [0, 0.1) is 0 Å². The summed E-state index contributed by atoms with van der Waals surface area (Å²) < 4.78 is 7.38. The third-order valence-corrected chi connectivity index (χ3v) is 4.45. The first-order valence-corrected chi connectivity index (χ1v) is 7.46. The SMILES string of the molecule is Nc1cc(-c2nn3c(C4CCCO4)nnc3s2)ccc1O. The van der Waals surface area contributed by atoms with E-state index in [4.69, 9.17) is 10.5 Å². The smallest absolute Gasteiger partial charge is 0.235 e. The molecule has 0 aliphatic carbocycles. The van der Waals surface area contributed by atoms with E-state index in [0.717, 1.165) is 40.8 Å². The van der Waals surface area contributed by atoms with Crippen molar-refractivity contribution < 1.29 is 9.84 Å². The summed E-state index contributed by atoms with van der Waals surface area (Å²) in [4.78, 5) is 0.724. The molecule has 3 N–H and O–H groups in total. The van der Waals surface area contributed by atoms with Gasteiger partial charge in [-0.15, -0.1) is 10.2 Å². The molecule has 21 heavy (non-hydrogen) atoms. The molecule has 1 unspecified atom stereocenters. The molecule has 1 aromatic carbocycles. The van der Waals surface area contributed by atoms with Gasteiger partial charge in [0.25, 0.3) is 0 Å². The van der Waals surface area contributed by atoms with Gasteiger partial charge in [0, 0.05) is 12.2 Å². The summed E-state index contributed by atoms with van der Waals surface area (Å²) in [5, 5.41) is 23.2. The van der Waals surface area contributed by atoms with E-state index in [-0.39, 0.29) is 11.9 Å². The normalized spacial score (nSPS) is 18.6. The van der Waals surface area contributed by atoms with Gasteiger partial charge in [-0.25, -0.2) is 0 Å². The zero-order valence-corrected chi connectivity index (χ0v) is 11.9. The number of anilines is 1. The zero-order chi connectivity index (χ0) is 14.4. The fourth-order valence-electron chi connectivity index (χ4n) is 2.42. The molecule has 3 aromatic rings. The van der Waals surface area contributed by atoms with E-state index in [0.29, 0.717) is 5.69 Å². The van der Waals surface area contributed by atoms with Crippen LogP contribution >= 0.6 is 11.3 Å². The lowest BCUT2D eigenvalue weighted by molar-refractivity contribution is 0.103. The van der Waals surface area contributed by atoms with Gasteiger partial charge >= 0.3 is 0 Å². The van der Waals surface area contributed by atoms with E-state index < -0.39 is 0 Å². The predicted molar refractivity (Wildman–Crippen MR) is 78.1 cm³/mol. The van der Waals surface area contributed by atoms with Gasteiger partial charge in [0.2, 0.25) is 4.96 Å². The van der Waals surface area contributed by atoms with E-state index in [9.17, 15) is 5.11 Å². The van der Waals surface area contributed by atoms with Crippen LogP contribution in [0.3, 0.4) is 0 Å². The third kappa shape index (κ3) is 2.03. The molecule has 1 fully saturated rings. The van der Waals surface area contributed by atoms with E-state index >= 15 is 0 Å². The van der Waals surface area contributed by atoms with Gasteiger partial charge in [-0.3, -0.25) is 0 Å². The minimum absolute atomic E-state index is 0.0279. The van der Waals surface area contributed by atoms with Crippen molar-refractivity contribution in [3.05, 3.63) is 24.0 Å². The van der Waals surface area contributed by atoms with Crippen molar-refractivity contribution in [1.82, 2.24) is 19.8 Å². The lowest BCUT2D eigenvalue weighted by Gasteiger charge is -2.04. The number of phenols is 1. The summed E-state index contributed by atoms with van der Waals surface area (Å²) in [5.41, 5.74) is 6.91. The summed E-state index contributed by atoms with van der Waals surface area (Å²) in [5.74, 6) is 0.818. The van der Waals surface area contributed by atoms with Crippen molar-refractivity contribution in [2.24, 2.45) is 0 Å². The molecule has 1 aliphatic heterocycles. The van der Waals surface area contributed by atoms with E-state index in [1.165, 1.54) is 11.3 Å². The van der Waals surface area contributed by atoms with Gasteiger partial charge < -0.3 is 15.6 Å². The molecule has 4 rings (SSSR count). The summed E-state index contributed by atoms with van der Waals surface area (Å²) in [7, 11) is 0. The Morgan fingerprint density at radius 2 is 2.29 bits per heavy atom. The highest BCUT2D eigenvalue weighted by Crippen LogP contribution is 2.33. The maximum Gasteiger partial charge on any atom is 0.235 e. The van der Waals surface area contributed by atoms with Gasteiger partial charge in [0.05, 0.1) is 5.69 Å². The van der Waals surface area contributed by atoms with Gasteiger partial charge in [-0.05, 0) is 31.0 Å². The topological polar surface area (TPSA) is 98.6 Å². The highest BCUT2D eigenvalue weighted by atomic mass is 32.1. The molecule has 0 bridgehead atoms. The second-order valence-electron chi connectivity index (χ2n) is 4.94. The molecule has 0 saturated carbocycles. The highest BCUT2D eigenvalue weighted by molar-refractivity contribution is 7.19. The monoisotopic (exact) mass is 303 g/mol. The molecule has 0 radical (unpaired) electrons. The van der Waals surface area contributed by atoms with Crippen molar-refractivity contribution in [2.75, 3.05) is 12.3 Å². The molecule has 1 atom stereocenters. The van der Waals surface area contributed by atoms with E-state index in [1.54, 1.807) is 22.7 Å². The van der Waals surface area contributed by atoms with E-state index in [1.807, 2.05) is 0 Å². The minimum Gasteiger partial charge on any atom is -0.506 e. The van der Waals surface area contributed by atoms with Crippen LogP contribution in [0.5, 0.6) is 5.75 Å². The number of aromatic hydroxyl groups is 1. The molecule has 8 heteroatoms. The zero-order valence-electron chi connectivity index (χ0n) is 11.1. The van der Waals surface area contributed by atoms with Crippen LogP contribution in [0.15, 0.2) is 18.2 Å². The second-order valence-corrected chi connectivity index (χ2v) is 5.89. The first kappa shape index (κ1) is 12.5. The van der Waals surface area contributed by atoms with Gasteiger partial charge in [-0.1, -0.05) is 11.3 Å². The maximum absolute atomic E-state index is 9.49. The first-order chi connectivity index (χ1) is 10.2. The van der Waals surface area contributed by atoms with Crippen LogP contribution in [0.25, 0.3) is 15.5 Å². The Balaban J connectivity index is 1.78. The summed E-state index contributed by atoms with van der Waals surface area (Å²) in [6, 6.07) is 5.05. The number of rotatable bonds is 2. The van der Waals surface area contributed by atoms with E-state index in [2.05, 4.69) is 15.3 Å². The van der Waals surface area contributed by atoms with Crippen molar-refractivity contribution in [2.45, 2.75) is 18.9 Å². The number of aromatic nitrogens is 4. The van der Waals surface area contributed by atoms with Crippen LogP contribution in [0.1, 0.15) is 24.8 Å².